The molecule has 0 spiro atoms. The average molecular weight is 295 g/mol. The van der Waals surface area contributed by atoms with Crippen LogP contribution in [0.25, 0.3) is 11.0 Å². The fraction of sp³-hybridized carbons (Fsp3) is 0.167. The predicted molar refractivity (Wildman–Crippen MR) is 87.0 cm³/mol. The standard InChI is InChI=1S/C18H17NO3/c1-2-13-9-18(20)22-17-10-15(7-8-16(13)17)21-11-12-3-5-14(19)6-4-12/h3-10H,2,11,19H2,1H3. The van der Waals surface area contributed by atoms with Crippen molar-refractivity contribution in [2.75, 3.05) is 5.73 Å². The van der Waals surface area contributed by atoms with Gasteiger partial charge in [0.15, 0.2) is 0 Å². The summed E-state index contributed by atoms with van der Waals surface area (Å²) in [4.78, 5) is 11.6. The van der Waals surface area contributed by atoms with E-state index in [0.29, 0.717) is 17.9 Å². The predicted octanol–water partition coefficient (Wildman–Crippen LogP) is 3.52. The molecule has 0 amide bonds. The van der Waals surface area contributed by atoms with Gasteiger partial charge >= 0.3 is 5.63 Å². The third kappa shape index (κ3) is 2.96. The van der Waals surface area contributed by atoms with Crippen LogP contribution >= 0.6 is 0 Å². The Morgan fingerprint density at radius 2 is 1.86 bits per heavy atom. The molecule has 0 unspecified atom stereocenters. The second kappa shape index (κ2) is 5.93. The van der Waals surface area contributed by atoms with Gasteiger partial charge in [0.25, 0.3) is 0 Å². The molecular weight excluding hydrogens is 278 g/mol. The van der Waals surface area contributed by atoms with Crippen molar-refractivity contribution in [2.24, 2.45) is 0 Å². The zero-order valence-electron chi connectivity index (χ0n) is 12.3. The highest BCUT2D eigenvalue weighted by molar-refractivity contribution is 5.81. The molecule has 3 rings (SSSR count). The number of nitrogen functional groups attached to an aromatic ring is 1. The first-order valence-corrected chi connectivity index (χ1v) is 7.19. The molecule has 0 aliphatic carbocycles. The van der Waals surface area contributed by atoms with Crippen molar-refractivity contribution >= 4 is 16.7 Å². The van der Waals surface area contributed by atoms with Gasteiger partial charge in [0.1, 0.15) is 17.9 Å². The summed E-state index contributed by atoms with van der Waals surface area (Å²) < 4.78 is 11.0. The van der Waals surface area contributed by atoms with E-state index in [0.717, 1.165) is 28.6 Å². The van der Waals surface area contributed by atoms with E-state index in [1.165, 1.54) is 6.07 Å². The first-order chi connectivity index (χ1) is 10.7. The number of nitrogens with two attached hydrogens (primary N) is 1. The molecule has 1 aromatic heterocycles. The number of hydrogen-bond donors (Lipinski definition) is 1. The third-order valence-corrected chi connectivity index (χ3v) is 3.57. The van der Waals surface area contributed by atoms with E-state index < -0.39 is 0 Å². The van der Waals surface area contributed by atoms with Crippen LogP contribution in [0.2, 0.25) is 0 Å². The molecule has 0 aliphatic rings. The third-order valence-electron chi connectivity index (χ3n) is 3.57. The van der Waals surface area contributed by atoms with Crippen molar-refractivity contribution in [3.8, 4) is 5.75 Å². The lowest BCUT2D eigenvalue weighted by atomic mass is 10.1. The summed E-state index contributed by atoms with van der Waals surface area (Å²) in [6, 6.07) is 14.6. The molecule has 112 valence electrons. The number of anilines is 1. The van der Waals surface area contributed by atoms with Gasteiger partial charge in [-0.3, -0.25) is 0 Å². The van der Waals surface area contributed by atoms with Crippen LogP contribution in [0.5, 0.6) is 5.75 Å². The largest absolute Gasteiger partial charge is 0.489 e. The molecule has 3 aromatic rings. The number of benzene rings is 2. The molecule has 0 bridgehead atoms. The number of hydrogen-bond acceptors (Lipinski definition) is 4. The minimum atomic E-state index is -0.333. The van der Waals surface area contributed by atoms with Gasteiger partial charge in [-0.1, -0.05) is 19.1 Å². The van der Waals surface area contributed by atoms with Crippen LogP contribution < -0.4 is 16.1 Å². The van der Waals surface area contributed by atoms with Gasteiger partial charge in [-0.25, -0.2) is 4.79 Å². The molecule has 4 heteroatoms. The highest BCUT2D eigenvalue weighted by atomic mass is 16.5. The molecular formula is C18H17NO3. The lowest BCUT2D eigenvalue weighted by Crippen LogP contribution is -2.00. The van der Waals surface area contributed by atoms with Crippen LogP contribution in [0.3, 0.4) is 0 Å². The molecule has 0 atom stereocenters. The van der Waals surface area contributed by atoms with E-state index in [9.17, 15) is 4.79 Å². The number of aryl methyl sites for hydroxylation is 1. The zero-order valence-corrected chi connectivity index (χ0v) is 12.3. The van der Waals surface area contributed by atoms with Gasteiger partial charge in [-0.15, -0.1) is 0 Å². The first kappa shape index (κ1) is 14.2. The van der Waals surface area contributed by atoms with Crippen molar-refractivity contribution in [2.45, 2.75) is 20.0 Å². The molecule has 0 radical (unpaired) electrons. The normalized spacial score (nSPS) is 10.8. The smallest absolute Gasteiger partial charge is 0.336 e. The summed E-state index contributed by atoms with van der Waals surface area (Å²) in [7, 11) is 0. The molecule has 0 fully saturated rings. The summed E-state index contributed by atoms with van der Waals surface area (Å²) in [6.45, 7) is 2.45. The van der Waals surface area contributed by atoms with E-state index in [2.05, 4.69) is 0 Å². The molecule has 22 heavy (non-hydrogen) atoms. The zero-order chi connectivity index (χ0) is 15.5. The SMILES string of the molecule is CCc1cc(=O)oc2cc(OCc3ccc(N)cc3)ccc12. The lowest BCUT2D eigenvalue weighted by Gasteiger charge is -2.08. The van der Waals surface area contributed by atoms with Gasteiger partial charge in [-0.2, -0.15) is 0 Å². The Labute approximate surface area is 128 Å². The summed E-state index contributed by atoms with van der Waals surface area (Å²) in [5.74, 6) is 0.667. The highest BCUT2D eigenvalue weighted by Gasteiger charge is 2.06. The number of fused-ring (bicyclic) bond motifs is 1. The minimum Gasteiger partial charge on any atom is -0.489 e. The Balaban J connectivity index is 1.85. The quantitative estimate of drug-likeness (QED) is 0.591. The Morgan fingerprint density at radius 3 is 2.59 bits per heavy atom. The molecule has 2 aromatic carbocycles. The van der Waals surface area contributed by atoms with E-state index in [4.69, 9.17) is 14.9 Å². The molecule has 2 N–H and O–H groups in total. The number of ether oxygens (including phenoxy) is 1. The van der Waals surface area contributed by atoms with E-state index in [-0.39, 0.29) is 5.63 Å². The maximum Gasteiger partial charge on any atom is 0.336 e. The van der Waals surface area contributed by atoms with E-state index in [1.807, 2.05) is 43.3 Å². The second-order valence-corrected chi connectivity index (χ2v) is 5.13. The van der Waals surface area contributed by atoms with Crippen molar-refractivity contribution in [3.05, 3.63) is 70.1 Å². The fourth-order valence-electron chi connectivity index (χ4n) is 2.37. The maximum absolute atomic E-state index is 11.6. The van der Waals surface area contributed by atoms with E-state index >= 15 is 0 Å². The molecule has 4 nitrogen and oxygen atoms in total. The van der Waals surface area contributed by atoms with Crippen LogP contribution in [0, 0.1) is 0 Å². The van der Waals surface area contributed by atoms with E-state index in [1.54, 1.807) is 6.07 Å². The van der Waals surface area contributed by atoms with Gasteiger partial charge in [0.05, 0.1) is 0 Å². The van der Waals surface area contributed by atoms with Crippen LogP contribution in [0.15, 0.2) is 57.7 Å². The Morgan fingerprint density at radius 1 is 1.09 bits per heavy atom. The first-order valence-electron chi connectivity index (χ1n) is 7.19. The molecule has 0 aliphatic heterocycles. The molecule has 0 saturated carbocycles. The minimum absolute atomic E-state index is 0.333. The van der Waals surface area contributed by atoms with Crippen molar-refractivity contribution in [3.63, 3.8) is 0 Å². The van der Waals surface area contributed by atoms with Crippen molar-refractivity contribution < 1.29 is 9.15 Å². The lowest BCUT2D eigenvalue weighted by molar-refractivity contribution is 0.306. The molecule has 0 saturated heterocycles. The van der Waals surface area contributed by atoms with Crippen LogP contribution in [0.1, 0.15) is 18.1 Å². The summed E-state index contributed by atoms with van der Waals surface area (Å²) in [6.07, 6.45) is 0.785. The Kier molecular flexibility index (Phi) is 3.83. The summed E-state index contributed by atoms with van der Waals surface area (Å²) in [5, 5.41) is 0.946. The van der Waals surface area contributed by atoms with Crippen LogP contribution in [-0.2, 0) is 13.0 Å². The summed E-state index contributed by atoms with van der Waals surface area (Å²) >= 11 is 0. The van der Waals surface area contributed by atoms with Gasteiger partial charge in [0.2, 0.25) is 0 Å². The second-order valence-electron chi connectivity index (χ2n) is 5.13. The van der Waals surface area contributed by atoms with Gasteiger partial charge in [0, 0.05) is 23.2 Å². The van der Waals surface area contributed by atoms with Gasteiger partial charge in [-0.05, 0) is 41.8 Å². The van der Waals surface area contributed by atoms with Crippen molar-refractivity contribution in [1.29, 1.82) is 0 Å². The molecule has 1 heterocycles. The maximum atomic E-state index is 11.6. The number of rotatable bonds is 4. The van der Waals surface area contributed by atoms with Crippen molar-refractivity contribution in [1.82, 2.24) is 0 Å². The topological polar surface area (TPSA) is 65.5 Å². The Hall–Kier alpha value is -2.75. The fourth-order valence-corrected chi connectivity index (χ4v) is 2.37. The van der Waals surface area contributed by atoms with Gasteiger partial charge < -0.3 is 14.9 Å². The Bertz CT molecular complexity index is 850. The summed E-state index contributed by atoms with van der Waals surface area (Å²) in [5.41, 5.74) is 8.61. The van der Waals surface area contributed by atoms with Crippen LogP contribution in [0.4, 0.5) is 5.69 Å². The van der Waals surface area contributed by atoms with Crippen LogP contribution in [-0.4, -0.2) is 0 Å². The monoisotopic (exact) mass is 295 g/mol. The highest BCUT2D eigenvalue weighted by Crippen LogP contribution is 2.23. The average Bonchev–Trinajstić information content (AvgIpc) is 2.53.